The van der Waals surface area contributed by atoms with Crippen LogP contribution in [0.4, 0.5) is 20.3 Å². The first-order valence-electron chi connectivity index (χ1n) is 11.7. The monoisotopic (exact) mass is 546 g/mol. The Bertz CT molecular complexity index is 1450. The average Bonchev–Trinajstić information content (AvgIpc) is 3.36. The molecule has 4 aromatic rings. The lowest BCUT2D eigenvalue weighted by Gasteiger charge is -2.26. The Labute approximate surface area is 222 Å². The molecule has 196 valence electrons. The van der Waals surface area contributed by atoms with Crippen molar-refractivity contribution in [1.29, 1.82) is 0 Å². The molecule has 37 heavy (non-hydrogen) atoms. The number of fused-ring (bicyclic) bond motifs is 2. The molecule has 0 bridgehead atoms. The number of anilines is 2. The number of hydrogen-bond acceptors (Lipinski definition) is 7. The van der Waals surface area contributed by atoms with E-state index in [0.717, 1.165) is 15.7 Å². The molecule has 2 aromatic heterocycles. The third-order valence-electron chi connectivity index (χ3n) is 5.39. The highest BCUT2D eigenvalue weighted by Gasteiger charge is 2.22. The number of aryl methyl sites for hydroxylation is 1. The smallest absolute Gasteiger partial charge is 0.410 e. The molecule has 2 heterocycles. The molecule has 0 unspecified atom stereocenters. The standard InChI is InChI=1S/C25H28ClFN6O3S/c1-25(2,3)36-24(35)33(11-9-27)12-10-28-21(34)15-5-8-19-18(13-15)29-22(32(19)4)31-23-30-17-7-6-16(26)14-20(17)37-23/h5-8,13-14H,9-12H2,1-4H3,(H,28,34)(H,29,30,31). The fraction of sp³-hybridized carbons (Fsp3) is 0.360. The molecule has 0 saturated heterocycles. The van der Waals surface area contributed by atoms with Gasteiger partial charge in [-0.2, -0.15) is 0 Å². The van der Waals surface area contributed by atoms with E-state index >= 15 is 0 Å². The Morgan fingerprint density at radius 1 is 1.14 bits per heavy atom. The second-order valence-corrected chi connectivity index (χ2v) is 10.8. The molecule has 0 radical (unpaired) electrons. The number of rotatable bonds is 8. The van der Waals surface area contributed by atoms with Gasteiger partial charge in [-0.15, -0.1) is 0 Å². The van der Waals surface area contributed by atoms with Crippen molar-refractivity contribution in [3.63, 3.8) is 0 Å². The van der Waals surface area contributed by atoms with Gasteiger partial charge in [0, 0.05) is 30.7 Å². The van der Waals surface area contributed by atoms with Crippen molar-refractivity contribution in [2.45, 2.75) is 26.4 Å². The Kier molecular flexibility index (Phi) is 7.84. The quantitative estimate of drug-likeness (QED) is 0.302. The first kappa shape index (κ1) is 26.6. The van der Waals surface area contributed by atoms with Gasteiger partial charge in [0.05, 0.1) is 27.8 Å². The Morgan fingerprint density at radius 2 is 1.92 bits per heavy atom. The van der Waals surface area contributed by atoms with Gasteiger partial charge < -0.3 is 24.8 Å². The third kappa shape index (κ3) is 6.47. The maximum Gasteiger partial charge on any atom is 0.410 e. The fourth-order valence-electron chi connectivity index (χ4n) is 3.63. The van der Waals surface area contributed by atoms with Crippen LogP contribution in [0.25, 0.3) is 21.3 Å². The van der Waals surface area contributed by atoms with Gasteiger partial charge in [-0.25, -0.2) is 19.2 Å². The van der Waals surface area contributed by atoms with Crippen LogP contribution in [-0.4, -0.2) is 63.3 Å². The van der Waals surface area contributed by atoms with Crippen molar-refractivity contribution in [1.82, 2.24) is 24.8 Å². The van der Waals surface area contributed by atoms with Gasteiger partial charge in [-0.05, 0) is 57.2 Å². The molecule has 0 saturated carbocycles. The van der Waals surface area contributed by atoms with Gasteiger partial charge >= 0.3 is 6.09 Å². The molecular formula is C25H28ClFN6O3S. The number of amides is 2. The van der Waals surface area contributed by atoms with E-state index in [1.54, 1.807) is 39.0 Å². The van der Waals surface area contributed by atoms with Crippen molar-refractivity contribution in [3.05, 3.63) is 47.0 Å². The van der Waals surface area contributed by atoms with Gasteiger partial charge in [0.25, 0.3) is 5.91 Å². The normalized spacial score (nSPS) is 11.6. The highest BCUT2D eigenvalue weighted by atomic mass is 35.5. The molecule has 0 aliphatic rings. The summed E-state index contributed by atoms with van der Waals surface area (Å²) < 4.78 is 21.1. The molecule has 2 N–H and O–H groups in total. The summed E-state index contributed by atoms with van der Waals surface area (Å²) in [5.74, 6) is 0.256. The van der Waals surface area contributed by atoms with Gasteiger partial charge in [0.15, 0.2) is 5.13 Å². The molecule has 9 nitrogen and oxygen atoms in total. The second kappa shape index (κ2) is 10.9. The number of imidazole rings is 1. The summed E-state index contributed by atoms with van der Waals surface area (Å²) in [5.41, 5.74) is 2.03. The largest absolute Gasteiger partial charge is 0.444 e. The number of carbonyl (C=O) groups excluding carboxylic acids is 2. The minimum absolute atomic E-state index is 0.109. The van der Waals surface area contributed by atoms with Crippen molar-refractivity contribution in [2.24, 2.45) is 7.05 Å². The molecule has 2 aromatic carbocycles. The van der Waals surface area contributed by atoms with Gasteiger partial charge in [-0.3, -0.25) is 4.79 Å². The number of nitrogens with zero attached hydrogens (tertiary/aromatic N) is 4. The summed E-state index contributed by atoms with van der Waals surface area (Å²) in [7, 11) is 1.87. The van der Waals surface area contributed by atoms with E-state index < -0.39 is 18.4 Å². The van der Waals surface area contributed by atoms with E-state index in [2.05, 4.69) is 20.6 Å². The predicted molar refractivity (Wildman–Crippen MR) is 145 cm³/mol. The molecule has 12 heteroatoms. The second-order valence-electron chi connectivity index (χ2n) is 9.37. The molecule has 2 amide bonds. The zero-order chi connectivity index (χ0) is 26.7. The summed E-state index contributed by atoms with van der Waals surface area (Å²) in [6.07, 6.45) is -0.620. The average molecular weight is 547 g/mol. The summed E-state index contributed by atoms with van der Waals surface area (Å²) in [6, 6.07) is 10.7. The minimum Gasteiger partial charge on any atom is -0.444 e. The van der Waals surface area contributed by atoms with E-state index in [0.29, 0.717) is 27.2 Å². The van der Waals surface area contributed by atoms with Crippen LogP contribution in [0, 0.1) is 0 Å². The van der Waals surface area contributed by atoms with E-state index in [1.807, 2.05) is 29.8 Å². The Balaban J connectivity index is 1.42. The van der Waals surface area contributed by atoms with Crippen LogP contribution in [0.3, 0.4) is 0 Å². The maximum absolute atomic E-state index is 12.9. The Hall–Kier alpha value is -3.44. The van der Waals surface area contributed by atoms with Crippen molar-refractivity contribution < 1.29 is 18.7 Å². The lowest BCUT2D eigenvalue weighted by molar-refractivity contribution is 0.0240. The lowest BCUT2D eigenvalue weighted by Crippen LogP contribution is -2.42. The summed E-state index contributed by atoms with van der Waals surface area (Å²) in [5, 5.41) is 7.34. The molecule has 0 atom stereocenters. The number of hydrogen-bond donors (Lipinski definition) is 2. The van der Waals surface area contributed by atoms with Crippen molar-refractivity contribution >= 4 is 67.3 Å². The minimum atomic E-state index is -0.704. The zero-order valence-corrected chi connectivity index (χ0v) is 22.5. The summed E-state index contributed by atoms with van der Waals surface area (Å²) >= 11 is 7.54. The fourth-order valence-corrected chi connectivity index (χ4v) is 4.77. The number of benzene rings is 2. The van der Waals surface area contributed by atoms with Crippen LogP contribution in [0.15, 0.2) is 36.4 Å². The zero-order valence-electron chi connectivity index (χ0n) is 21.0. The topological polar surface area (TPSA) is 101 Å². The van der Waals surface area contributed by atoms with E-state index in [-0.39, 0.29) is 25.5 Å². The molecule has 4 rings (SSSR count). The van der Waals surface area contributed by atoms with E-state index in [1.165, 1.54) is 16.2 Å². The van der Waals surface area contributed by atoms with Crippen LogP contribution >= 0.6 is 22.9 Å². The van der Waals surface area contributed by atoms with Crippen LogP contribution in [0.5, 0.6) is 0 Å². The first-order valence-corrected chi connectivity index (χ1v) is 12.8. The lowest BCUT2D eigenvalue weighted by atomic mass is 10.2. The van der Waals surface area contributed by atoms with Crippen LogP contribution in [0.1, 0.15) is 31.1 Å². The van der Waals surface area contributed by atoms with Crippen LogP contribution in [0.2, 0.25) is 5.02 Å². The Morgan fingerprint density at radius 3 is 2.65 bits per heavy atom. The SMILES string of the molecule is Cn1c(Nc2nc3ccc(Cl)cc3s2)nc2cc(C(=O)NCCN(CCF)C(=O)OC(C)(C)C)ccc21. The number of alkyl halides is 1. The summed E-state index contributed by atoms with van der Waals surface area (Å²) in [6.45, 7) is 4.68. The number of carbonyl (C=O) groups is 2. The van der Waals surface area contributed by atoms with E-state index in [4.69, 9.17) is 16.3 Å². The number of aromatic nitrogens is 3. The van der Waals surface area contributed by atoms with Gasteiger partial charge in [0.2, 0.25) is 5.95 Å². The predicted octanol–water partition coefficient (Wildman–Crippen LogP) is 5.52. The highest BCUT2D eigenvalue weighted by Crippen LogP contribution is 2.31. The van der Waals surface area contributed by atoms with Crippen molar-refractivity contribution in [3.8, 4) is 0 Å². The molecule has 0 aliphatic heterocycles. The first-order chi connectivity index (χ1) is 17.5. The molecule has 0 fully saturated rings. The number of halogens is 2. The van der Waals surface area contributed by atoms with Crippen molar-refractivity contribution in [2.75, 3.05) is 31.6 Å². The number of thiazole rings is 1. The molecular weight excluding hydrogens is 519 g/mol. The molecule has 0 spiro atoms. The highest BCUT2D eigenvalue weighted by molar-refractivity contribution is 7.22. The maximum atomic E-state index is 12.9. The van der Waals surface area contributed by atoms with E-state index in [9.17, 15) is 14.0 Å². The van der Waals surface area contributed by atoms with Crippen LogP contribution < -0.4 is 10.6 Å². The van der Waals surface area contributed by atoms with Gasteiger partial charge in [-0.1, -0.05) is 22.9 Å². The summed E-state index contributed by atoms with van der Waals surface area (Å²) in [4.78, 5) is 35.5. The van der Waals surface area contributed by atoms with Gasteiger partial charge in [0.1, 0.15) is 12.3 Å². The number of nitrogens with one attached hydrogen (secondary N) is 2. The van der Waals surface area contributed by atoms with Crippen LogP contribution in [-0.2, 0) is 11.8 Å². The third-order valence-corrected chi connectivity index (χ3v) is 6.55. The molecule has 0 aliphatic carbocycles. The number of ether oxygens (including phenoxy) is 1.